The molecule has 3 aromatic carbocycles. The minimum atomic E-state index is -3.98. The molecular formula is C24H25N2O5P. The maximum Gasteiger partial charge on any atom is 0.564 e. The number of fused-ring (bicyclic) bond motifs is 1. The van der Waals surface area contributed by atoms with Crippen LogP contribution in [0.5, 0.6) is 23.0 Å². The monoisotopic (exact) mass is 452 g/mol. The smallest absolute Gasteiger partial charge is 0.504 e. The van der Waals surface area contributed by atoms with Crippen molar-refractivity contribution in [1.29, 1.82) is 0 Å². The zero-order valence-corrected chi connectivity index (χ0v) is 19.0. The summed E-state index contributed by atoms with van der Waals surface area (Å²) in [6.45, 7) is 2.00. The third-order valence-electron chi connectivity index (χ3n) is 5.39. The van der Waals surface area contributed by atoms with Crippen molar-refractivity contribution in [1.82, 2.24) is 4.90 Å². The first-order valence-corrected chi connectivity index (χ1v) is 11.7. The summed E-state index contributed by atoms with van der Waals surface area (Å²) in [7, 11) is -0.582. The van der Waals surface area contributed by atoms with Crippen molar-refractivity contribution < 1.29 is 23.5 Å². The van der Waals surface area contributed by atoms with Crippen LogP contribution >= 0.6 is 7.75 Å². The molecule has 1 aliphatic rings. The number of phenols is 1. The average molecular weight is 452 g/mol. The Bertz CT molecular complexity index is 1120. The van der Waals surface area contributed by atoms with Crippen LogP contribution in [-0.2, 0) is 11.0 Å². The summed E-state index contributed by atoms with van der Waals surface area (Å²) in [6, 6.07) is 21.0. The molecule has 0 bridgehead atoms. The predicted molar refractivity (Wildman–Crippen MR) is 124 cm³/mol. The van der Waals surface area contributed by atoms with Crippen molar-refractivity contribution in [3.05, 3.63) is 83.9 Å². The number of para-hydroxylation sites is 2. The fraction of sp³-hybridized carbons (Fsp3) is 0.208. The van der Waals surface area contributed by atoms with Crippen molar-refractivity contribution in [2.75, 3.05) is 14.2 Å². The van der Waals surface area contributed by atoms with E-state index in [1.54, 1.807) is 54.6 Å². The zero-order chi connectivity index (χ0) is 22.7. The van der Waals surface area contributed by atoms with E-state index in [0.717, 1.165) is 11.1 Å². The molecule has 0 aromatic heterocycles. The summed E-state index contributed by atoms with van der Waals surface area (Å²) in [6.07, 6.45) is 0.355. The molecule has 0 radical (unpaired) electrons. The van der Waals surface area contributed by atoms with E-state index < -0.39 is 7.75 Å². The number of amidine groups is 1. The molecule has 32 heavy (non-hydrogen) atoms. The number of phenolic OH excluding ortho intramolecular Hbond substituents is 1. The van der Waals surface area contributed by atoms with E-state index in [2.05, 4.69) is 4.76 Å². The maximum absolute atomic E-state index is 13.8. The van der Waals surface area contributed by atoms with Gasteiger partial charge in [-0.2, -0.15) is 0 Å². The molecule has 166 valence electrons. The van der Waals surface area contributed by atoms with Gasteiger partial charge in [-0.05, 0) is 54.4 Å². The van der Waals surface area contributed by atoms with Gasteiger partial charge in [0.2, 0.25) is 0 Å². The highest BCUT2D eigenvalue weighted by Crippen LogP contribution is 2.51. The minimum Gasteiger partial charge on any atom is -0.504 e. The minimum absolute atomic E-state index is 0.0478. The number of hydrogen-bond acceptors (Lipinski definition) is 5. The largest absolute Gasteiger partial charge is 0.564 e. The van der Waals surface area contributed by atoms with Gasteiger partial charge < -0.3 is 23.8 Å². The Morgan fingerprint density at radius 3 is 2.09 bits per heavy atom. The van der Waals surface area contributed by atoms with Crippen LogP contribution in [0.3, 0.4) is 0 Å². The number of hydrogen-bond donors (Lipinski definition) is 1. The van der Waals surface area contributed by atoms with E-state index in [4.69, 9.17) is 13.8 Å². The van der Waals surface area contributed by atoms with Crippen LogP contribution in [-0.4, -0.2) is 30.0 Å². The molecule has 0 saturated heterocycles. The summed E-state index contributed by atoms with van der Waals surface area (Å²) in [5.74, 6) is 1.78. The third-order valence-corrected chi connectivity index (χ3v) is 6.75. The van der Waals surface area contributed by atoms with E-state index in [1.165, 1.54) is 7.11 Å². The van der Waals surface area contributed by atoms with Gasteiger partial charge in [-0.1, -0.05) is 36.4 Å². The van der Waals surface area contributed by atoms with Crippen LogP contribution < -0.4 is 13.8 Å². The average Bonchev–Trinajstić information content (AvgIpc) is 2.78. The Balaban J connectivity index is 1.73. The van der Waals surface area contributed by atoms with Gasteiger partial charge in [-0.3, -0.25) is 0 Å². The molecule has 1 heterocycles. The molecule has 0 spiro atoms. The lowest BCUT2D eigenvalue weighted by atomic mass is 9.92. The van der Waals surface area contributed by atoms with Gasteiger partial charge in [-0.15, -0.1) is 4.76 Å². The van der Waals surface area contributed by atoms with Crippen LogP contribution in [0.15, 0.2) is 77.6 Å². The first kappa shape index (κ1) is 21.8. The molecular weight excluding hydrogens is 427 g/mol. The lowest BCUT2D eigenvalue weighted by Gasteiger charge is -2.35. The Morgan fingerprint density at radius 2 is 1.56 bits per heavy atom. The fourth-order valence-electron chi connectivity index (χ4n) is 3.60. The molecule has 0 fully saturated rings. The summed E-state index contributed by atoms with van der Waals surface area (Å²) >= 11 is 0. The highest BCUT2D eigenvalue weighted by atomic mass is 31.2. The molecule has 4 rings (SSSR count). The van der Waals surface area contributed by atoms with E-state index >= 15 is 0 Å². The lowest BCUT2D eigenvalue weighted by Crippen LogP contribution is -2.36. The van der Waals surface area contributed by atoms with Crippen LogP contribution in [0.2, 0.25) is 0 Å². The first-order chi connectivity index (χ1) is 15.4. The number of aromatic hydroxyl groups is 1. The number of benzene rings is 3. The maximum atomic E-state index is 13.8. The first-order valence-electron chi connectivity index (χ1n) is 10.2. The molecule has 7 nitrogen and oxygen atoms in total. The number of rotatable bonds is 6. The normalized spacial score (nSPS) is 17.0. The van der Waals surface area contributed by atoms with Crippen molar-refractivity contribution in [3.63, 3.8) is 0 Å². The summed E-state index contributed by atoms with van der Waals surface area (Å²) < 4.78 is 35.2. The van der Waals surface area contributed by atoms with Gasteiger partial charge in [0.05, 0.1) is 13.2 Å². The Kier molecular flexibility index (Phi) is 6.10. The fourth-order valence-corrected chi connectivity index (χ4v) is 4.99. The van der Waals surface area contributed by atoms with E-state index in [9.17, 15) is 9.67 Å². The quantitative estimate of drug-likeness (QED) is 0.490. The van der Waals surface area contributed by atoms with Gasteiger partial charge in [-0.25, -0.2) is 4.57 Å². The molecule has 0 saturated carbocycles. The van der Waals surface area contributed by atoms with Gasteiger partial charge in [0.15, 0.2) is 11.5 Å². The Labute approximate surface area is 187 Å². The number of nitrogens with zero attached hydrogens (tertiary/aromatic N) is 2. The zero-order valence-electron chi connectivity index (χ0n) is 18.1. The van der Waals surface area contributed by atoms with Gasteiger partial charge >= 0.3 is 7.75 Å². The van der Waals surface area contributed by atoms with Gasteiger partial charge in [0.25, 0.3) is 0 Å². The highest BCUT2D eigenvalue weighted by molar-refractivity contribution is 7.53. The van der Waals surface area contributed by atoms with Crippen LogP contribution in [0.1, 0.15) is 24.1 Å². The van der Waals surface area contributed by atoms with Crippen LogP contribution in [0.25, 0.3) is 0 Å². The summed E-state index contributed by atoms with van der Waals surface area (Å²) in [5.41, 5.74) is 1.88. The van der Waals surface area contributed by atoms with Gasteiger partial charge in [0, 0.05) is 13.5 Å². The second-order valence-electron chi connectivity index (χ2n) is 7.48. The van der Waals surface area contributed by atoms with Gasteiger partial charge in [0.1, 0.15) is 17.3 Å². The number of methoxy groups -OCH3 is 1. The number of ether oxygens (including phenoxy) is 1. The lowest BCUT2D eigenvalue weighted by molar-refractivity contribution is 0.357. The summed E-state index contributed by atoms with van der Waals surface area (Å²) in [4.78, 5) is 1.92. The molecule has 1 unspecified atom stereocenters. The Hall–Kier alpha value is -3.44. The van der Waals surface area contributed by atoms with Crippen molar-refractivity contribution in [2.45, 2.75) is 19.4 Å². The second-order valence-corrected chi connectivity index (χ2v) is 8.98. The molecule has 1 N–H and O–H groups in total. The van der Waals surface area contributed by atoms with E-state index in [0.29, 0.717) is 29.5 Å². The predicted octanol–water partition coefficient (Wildman–Crippen LogP) is 5.61. The summed E-state index contributed by atoms with van der Waals surface area (Å²) in [5, 5.41) is 10.2. The topological polar surface area (TPSA) is 80.6 Å². The van der Waals surface area contributed by atoms with Crippen LogP contribution in [0, 0.1) is 0 Å². The molecule has 3 aromatic rings. The van der Waals surface area contributed by atoms with E-state index in [-0.39, 0.29) is 11.8 Å². The molecule has 1 atom stereocenters. The third kappa shape index (κ3) is 4.58. The molecule has 0 aliphatic carbocycles. The van der Waals surface area contributed by atoms with Crippen molar-refractivity contribution in [3.8, 4) is 23.0 Å². The molecule has 0 amide bonds. The second kappa shape index (κ2) is 8.97. The van der Waals surface area contributed by atoms with E-state index in [1.807, 2.05) is 37.1 Å². The SMILES string of the molecule is COc1cc2c(cc1O)C/C(=N/P(=O)(Oc1ccccc1)Oc1ccccc1)N(C)C2C. The molecule has 8 heteroatoms. The van der Waals surface area contributed by atoms with Crippen LogP contribution in [0.4, 0.5) is 0 Å². The number of likely N-dealkylation sites (N-methyl/N-ethyl adjacent to an activating group) is 1. The Morgan fingerprint density at radius 1 is 1.00 bits per heavy atom. The highest BCUT2D eigenvalue weighted by Gasteiger charge is 2.34. The van der Waals surface area contributed by atoms with Crippen molar-refractivity contribution >= 4 is 13.6 Å². The molecule has 1 aliphatic heterocycles. The van der Waals surface area contributed by atoms with Crippen molar-refractivity contribution in [2.24, 2.45) is 4.76 Å². The standard InChI is InChI=1S/C24H25N2O5P/c1-17-21-16-23(29-3)22(27)14-18(21)15-24(26(17)2)25-32(28,30-19-10-6-4-7-11-19)31-20-12-8-5-9-13-20/h4-14,16-17,27H,15H2,1-3H3/b25-24-.